The Morgan fingerprint density at radius 1 is 1.29 bits per heavy atom. The summed E-state index contributed by atoms with van der Waals surface area (Å²) in [5.41, 5.74) is 2.71. The van der Waals surface area contributed by atoms with Crippen LogP contribution in [-0.2, 0) is 23.1 Å². The molecule has 1 fully saturated rings. The van der Waals surface area contributed by atoms with Gasteiger partial charge in [0.25, 0.3) is 0 Å². The monoisotopic (exact) mass is 293 g/mol. The van der Waals surface area contributed by atoms with Gasteiger partial charge in [0.2, 0.25) is 0 Å². The Hall–Kier alpha value is -0.910. The van der Waals surface area contributed by atoms with Crippen LogP contribution in [0.25, 0.3) is 0 Å². The van der Waals surface area contributed by atoms with E-state index in [2.05, 4.69) is 10.00 Å². The zero-order chi connectivity index (χ0) is 14.7. The van der Waals surface area contributed by atoms with E-state index in [-0.39, 0.29) is 0 Å². The van der Waals surface area contributed by atoms with Gasteiger partial charge in [-0.15, -0.1) is 0 Å². The molecule has 0 bridgehead atoms. The summed E-state index contributed by atoms with van der Waals surface area (Å²) in [6.45, 7) is 8.41. The van der Waals surface area contributed by atoms with Crippen LogP contribution >= 0.6 is 0 Å². The fourth-order valence-electron chi connectivity index (χ4n) is 3.15. The third-order valence-electron chi connectivity index (χ3n) is 4.45. The second-order valence-corrected chi connectivity index (χ2v) is 6.29. The minimum Gasteiger partial charge on any atom is -0.380 e. The van der Waals surface area contributed by atoms with Gasteiger partial charge in [-0.3, -0.25) is 9.58 Å². The van der Waals surface area contributed by atoms with Gasteiger partial charge in [0.15, 0.2) is 0 Å². The Bertz CT molecular complexity index is 456. The van der Waals surface area contributed by atoms with Crippen molar-refractivity contribution in [1.82, 2.24) is 14.7 Å². The van der Waals surface area contributed by atoms with Crippen molar-refractivity contribution in [2.45, 2.75) is 32.2 Å². The van der Waals surface area contributed by atoms with Crippen LogP contribution in [0.3, 0.4) is 0 Å². The van der Waals surface area contributed by atoms with Gasteiger partial charge in [-0.1, -0.05) is 0 Å². The predicted molar refractivity (Wildman–Crippen MR) is 81.3 cm³/mol. The molecule has 1 aromatic rings. The highest BCUT2D eigenvalue weighted by Crippen LogP contribution is 2.31. The molecule has 5 nitrogen and oxygen atoms in total. The van der Waals surface area contributed by atoms with Crippen LogP contribution in [-0.4, -0.2) is 54.2 Å². The molecular weight excluding hydrogens is 266 g/mol. The predicted octanol–water partition coefficient (Wildman–Crippen LogP) is 1.78. The first-order valence-electron chi connectivity index (χ1n) is 8.16. The molecule has 118 valence electrons. The third-order valence-corrected chi connectivity index (χ3v) is 4.45. The SMILES string of the molecule is CCOCCN1Cc2cnn(C)c2C(COCC2CC2)C1. The highest BCUT2D eigenvalue weighted by atomic mass is 16.5. The molecule has 1 aliphatic carbocycles. The Morgan fingerprint density at radius 2 is 2.14 bits per heavy atom. The number of hydrogen-bond acceptors (Lipinski definition) is 4. The van der Waals surface area contributed by atoms with Crippen molar-refractivity contribution in [3.05, 3.63) is 17.5 Å². The van der Waals surface area contributed by atoms with Crippen molar-refractivity contribution in [2.24, 2.45) is 13.0 Å². The van der Waals surface area contributed by atoms with Crippen LogP contribution in [0.5, 0.6) is 0 Å². The Morgan fingerprint density at radius 3 is 2.90 bits per heavy atom. The highest BCUT2D eigenvalue weighted by Gasteiger charge is 2.29. The maximum absolute atomic E-state index is 5.95. The summed E-state index contributed by atoms with van der Waals surface area (Å²) >= 11 is 0. The maximum atomic E-state index is 5.95. The normalized spacial score (nSPS) is 22.5. The Balaban J connectivity index is 1.59. The van der Waals surface area contributed by atoms with Crippen molar-refractivity contribution in [1.29, 1.82) is 0 Å². The largest absolute Gasteiger partial charge is 0.380 e. The van der Waals surface area contributed by atoms with Gasteiger partial charge in [0.1, 0.15) is 0 Å². The van der Waals surface area contributed by atoms with Gasteiger partial charge in [-0.2, -0.15) is 5.10 Å². The minimum atomic E-state index is 0.432. The van der Waals surface area contributed by atoms with E-state index in [1.165, 1.54) is 24.1 Å². The molecular formula is C16H27N3O2. The van der Waals surface area contributed by atoms with Crippen LogP contribution in [0.4, 0.5) is 0 Å². The summed E-state index contributed by atoms with van der Waals surface area (Å²) in [5, 5.41) is 4.44. The molecule has 0 N–H and O–H groups in total. The minimum absolute atomic E-state index is 0.432. The number of aromatic nitrogens is 2. The average Bonchev–Trinajstić information content (AvgIpc) is 3.22. The smallest absolute Gasteiger partial charge is 0.0593 e. The highest BCUT2D eigenvalue weighted by molar-refractivity contribution is 5.25. The molecule has 3 rings (SSSR count). The quantitative estimate of drug-likeness (QED) is 0.685. The van der Waals surface area contributed by atoms with Crippen LogP contribution in [0.2, 0.25) is 0 Å². The molecule has 2 heterocycles. The lowest BCUT2D eigenvalue weighted by atomic mass is 9.97. The van der Waals surface area contributed by atoms with Gasteiger partial charge in [0.05, 0.1) is 19.4 Å². The molecule has 1 atom stereocenters. The molecule has 1 aromatic heterocycles. The molecule has 0 aromatic carbocycles. The first kappa shape index (κ1) is 15.0. The summed E-state index contributed by atoms with van der Waals surface area (Å²) in [7, 11) is 2.04. The summed E-state index contributed by atoms with van der Waals surface area (Å²) in [6, 6.07) is 0. The van der Waals surface area contributed by atoms with Crippen molar-refractivity contribution < 1.29 is 9.47 Å². The number of rotatable bonds is 8. The zero-order valence-corrected chi connectivity index (χ0v) is 13.3. The second kappa shape index (κ2) is 6.90. The number of hydrogen-bond donors (Lipinski definition) is 0. The summed E-state index contributed by atoms with van der Waals surface area (Å²) in [5.74, 6) is 1.26. The van der Waals surface area contributed by atoms with Crippen molar-refractivity contribution in [3.63, 3.8) is 0 Å². The lowest BCUT2D eigenvalue weighted by molar-refractivity contribution is 0.0719. The van der Waals surface area contributed by atoms with Crippen LogP contribution in [0.15, 0.2) is 6.20 Å². The Labute approximate surface area is 127 Å². The van der Waals surface area contributed by atoms with E-state index in [1.54, 1.807) is 0 Å². The van der Waals surface area contributed by atoms with E-state index in [0.29, 0.717) is 5.92 Å². The molecule has 1 aliphatic heterocycles. The van der Waals surface area contributed by atoms with Gasteiger partial charge in [0, 0.05) is 57.1 Å². The Kier molecular flexibility index (Phi) is 4.93. The molecule has 0 radical (unpaired) electrons. The number of aryl methyl sites for hydroxylation is 1. The fraction of sp³-hybridized carbons (Fsp3) is 0.812. The van der Waals surface area contributed by atoms with Gasteiger partial charge in [-0.25, -0.2) is 0 Å². The topological polar surface area (TPSA) is 39.5 Å². The standard InChI is InChI=1S/C16H27N3O2/c1-3-20-7-6-19-9-14-8-17-18(2)16(14)15(10-19)12-21-11-13-4-5-13/h8,13,15H,3-7,9-12H2,1-2H3. The van der Waals surface area contributed by atoms with Crippen molar-refractivity contribution in [2.75, 3.05) is 39.5 Å². The molecule has 2 aliphatic rings. The number of ether oxygens (including phenoxy) is 2. The van der Waals surface area contributed by atoms with E-state index in [4.69, 9.17) is 9.47 Å². The average molecular weight is 293 g/mol. The van der Waals surface area contributed by atoms with Crippen LogP contribution in [0.1, 0.15) is 36.9 Å². The lowest BCUT2D eigenvalue weighted by Gasteiger charge is -2.33. The van der Waals surface area contributed by atoms with E-state index < -0.39 is 0 Å². The van der Waals surface area contributed by atoms with E-state index in [9.17, 15) is 0 Å². The van der Waals surface area contributed by atoms with Crippen LogP contribution < -0.4 is 0 Å². The van der Waals surface area contributed by atoms with Crippen molar-refractivity contribution >= 4 is 0 Å². The maximum Gasteiger partial charge on any atom is 0.0593 e. The van der Waals surface area contributed by atoms with Gasteiger partial charge >= 0.3 is 0 Å². The first-order chi connectivity index (χ1) is 10.3. The van der Waals surface area contributed by atoms with E-state index >= 15 is 0 Å². The lowest BCUT2D eigenvalue weighted by Crippen LogP contribution is -2.38. The molecule has 0 saturated heterocycles. The van der Waals surface area contributed by atoms with E-state index in [0.717, 1.165) is 52.0 Å². The molecule has 0 amide bonds. The number of fused-ring (bicyclic) bond motifs is 1. The summed E-state index contributed by atoms with van der Waals surface area (Å²) in [6.07, 6.45) is 4.71. The molecule has 1 saturated carbocycles. The molecule has 0 spiro atoms. The molecule has 21 heavy (non-hydrogen) atoms. The third kappa shape index (κ3) is 3.84. The van der Waals surface area contributed by atoms with Gasteiger partial charge in [-0.05, 0) is 25.7 Å². The summed E-state index contributed by atoms with van der Waals surface area (Å²) < 4.78 is 13.5. The zero-order valence-electron chi connectivity index (χ0n) is 13.3. The summed E-state index contributed by atoms with van der Waals surface area (Å²) in [4.78, 5) is 2.46. The first-order valence-corrected chi connectivity index (χ1v) is 8.16. The van der Waals surface area contributed by atoms with Gasteiger partial charge < -0.3 is 9.47 Å². The second-order valence-electron chi connectivity index (χ2n) is 6.29. The molecule has 1 unspecified atom stereocenters. The molecule has 5 heteroatoms. The van der Waals surface area contributed by atoms with E-state index in [1.807, 2.05) is 24.9 Å². The fourth-order valence-corrected chi connectivity index (χ4v) is 3.15. The van der Waals surface area contributed by atoms with Crippen molar-refractivity contribution in [3.8, 4) is 0 Å². The van der Waals surface area contributed by atoms with Crippen LogP contribution in [0, 0.1) is 5.92 Å². The number of nitrogens with zero attached hydrogens (tertiary/aromatic N) is 3.